The van der Waals surface area contributed by atoms with E-state index in [1.165, 1.54) is 6.42 Å². The van der Waals surface area contributed by atoms with Crippen molar-refractivity contribution in [2.75, 3.05) is 0 Å². The summed E-state index contributed by atoms with van der Waals surface area (Å²) >= 11 is 12.9. The van der Waals surface area contributed by atoms with E-state index in [9.17, 15) is 9.59 Å². The minimum Gasteiger partial charge on any atom is -0.352 e. The summed E-state index contributed by atoms with van der Waals surface area (Å²) in [5.41, 5.74) is 3.80. The SMILES string of the molecule is CC[C@H](C(=O)NC1CCCCC1)N(Cc1c(Cl)cccc1Cl)C(=O)Cc1cc(C)ccc1C. The average molecular weight is 489 g/mol. The fourth-order valence-electron chi connectivity index (χ4n) is 4.57. The lowest BCUT2D eigenvalue weighted by atomic mass is 9.95. The van der Waals surface area contributed by atoms with Gasteiger partial charge in [-0.05, 0) is 56.4 Å². The number of hydrogen-bond acceptors (Lipinski definition) is 2. The van der Waals surface area contributed by atoms with Crippen molar-refractivity contribution in [2.45, 2.75) is 84.3 Å². The Hall–Kier alpha value is -2.04. The lowest BCUT2D eigenvalue weighted by Crippen LogP contribution is -2.52. The van der Waals surface area contributed by atoms with E-state index in [2.05, 4.69) is 5.32 Å². The Morgan fingerprint density at radius 3 is 2.36 bits per heavy atom. The van der Waals surface area contributed by atoms with Crippen LogP contribution < -0.4 is 5.32 Å². The Balaban J connectivity index is 1.89. The molecule has 178 valence electrons. The number of halogens is 2. The van der Waals surface area contributed by atoms with Crippen molar-refractivity contribution in [2.24, 2.45) is 0 Å². The monoisotopic (exact) mass is 488 g/mol. The van der Waals surface area contributed by atoms with Gasteiger partial charge < -0.3 is 10.2 Å². The summed E-state index contributed by atoms with van der Waals surface area (Å²) in [6.45, 7) is 6.15. The molecule has 0 aliphatic heterocycles. The number of rotatable bonds is 8. The number of nitrogens with zero attached hydrogens (tertiary/aromatic N) is 1. The predicted molar refractivity (Wildman–Crippen MR) is 136 cm³/mol. The van der Waals surface area contributed by atoms with Crippen LogP contribution in [0.25, 0.3) is 0 Å². The molecule has 0 heterocycles. The molecule has 4 nitrogen and oxygen atoms in total. The van der Waals surface area contributed by atoms with E-state index in [1.54, 1.807) is 23.1 Å². The van der Waals surface area contributed by atoms with Gasteiger partial charge in [0.25, 0.3) is 0 Å². The van der Waals surface area contributed by atoms with Crippen LogP contribution in [-0.4, -0.2) is 28.8 Å². The van der Waals surface area contributed by atoms with Gasteiger partial charge in [0.05, 0.1) is 6.42 Å². The number of carbonyl (C=O) groups is 2. The zero-order valence-corrected chi connectivity index (χ0v) is 21.3. The van der Waals surface area contributed by atoms with Gasteiger partial charge in [-0.15, -0.1) is 0 Å². The van der Waals surface area contributed by atoms with E-state index in [1.807, 2.05) is 39.0 Å². The third-order valence-corrected chi connectivity index (χ3v) is 7.28. The average Bonchev–Trinajstić information content (AvgIpc) is 2.78. The molecule has 0 unspecified atom stereocenters. The highest BCUT2D eigenvalue weighted by Gasteiger charge is 2.31. The van der Waals surface area contributed by atoms with E-state index < -0.39 is 6.04 Å². The maximum Gasteiger partial charge on any atom is 0.243 e. The number of amides is 2. The molecule has 1 aliphatic carbocycles. The molecule has 1 aliphatic rings. The summed E-state index contributed by atoms with van der Waals surface area (Å²) in [4.78, 5) is 28.7. The van der Waals surface area contributed by atoms with Gasteiger partial charge in [-0.1, -0.05) is 79.2 Å². The van der Waals surface area contributed by atoms with Gasteiger partial charge in [0.2, 0.25) is 11.8 Å². The summed E-state index contributed by atoms with van der Waals surface area (Å²) in [5, 5.41) is 4.20. The zero-order valence-electron chi connectivity index (χ0n) is 19.8. The standard InChI is InChI=1S/C27H34Cl2N2O2/c1-4-25(27(33)30-21-9-6-5-7-10-21)31(17-22-23(28)11-8-12-24(22)29)26(32)16-20-15-18(2)13-14-19(20)3/h8,11-15,21,25H,4-7,9-10,16-17H2,1-3H3,(H,30,33)/t25-/m1/s1. The van der Waals surface area contributed by atoms with Crippen LogP contribution >= 0.6 is 23.2 Å². The molecule has 2 amide bonds. The fraction of sp³-hybridized carbons (Fsp3) is 0.481. The third-order valence-electron chi connectivity index (χ3n) is 6.57. The Labute approximate surface area is 207 Å². The zero-order chi connectivity index (χ0) is 24.0. The van der Waals surface area contributed by atoms with E-state index in [0.717, 1.165) is 42.4 Å². The quantitative estimate of drug-likeness (QED) is 0.466. The van der Waals surface area contributed by atoms with Crippen LogP contribution in [0.2, 0.25) is 10.0 Å². The summed E-state index contributed by atoms with van der Waals surface area (Å²) in [6, 6.07) is 11.0. The maximum atomic E-state index is 13.7. The minimum absolute atomic E-state index is 0.0955. The Morgan fingerprint density at radius 2 is 1.73 bits per heavy atom. The van der Waals surface area contributed by atoms with Crippen molar-refractivity contribution in [1.82, 2.24) is 10.2 Å². The summed E-state index contributed by atoms with van der Waals surface area (Å²) in [6.07, 6.45) is 6.21. The van der Waals surface area contributed by atoms with Crippen LogP contribution in [-0.2, 0) is 22.6 Å². The van der Waals surface area contributed by atoms with Crippen molar-refractivity contribution < 1.29 is 9.59 Å². The molecule has 0 bridgehead atoms. The fourth-order valence-corrected chi connectivity index (χ4v) is 5.09. The van der Waals surface area contributed by atoms with E-state index in [4.69, 9.17) is 23.2 Å². The smallest absolute Gasteiger partial charge is 0.243 e. The summed E-state index contributed by atoms with van der Waals surface area (Å²) in [7, 11) is 0. The van der Waals surface area contributed by atoms with Gasteiger partial charge in [-0.3, -0.25) is 9.59 Å². The van der Waals surface area contributed by atoms with Gasteiger partial charge in [0.1, 0.15) is 6.04 Å². The molecule has 2 aromatic carbocycles. The highest BCUT2D eigenvalue weighted by Crippen LogP contribution is 2.28. The molecule has 1 saturated carbocycles. The van der Waals surface area contributed by atoms with Crippen LogP contribution in [0.5, 0.6) is 0 Å². The molecule has 6 heteroatoms. The van der Waals surface area contributed by atoms with Gasteiger partial charge in [-0.25, -0.2) is 0 Å². The second-order valence-electron chi connectivity index (χ2n) is 9.10. The summed E-state index contributed by atoms with van der Waals surface area (Å²) < 4.78 is 0. The number of carbonyl (C=O) groups excluding carboxylic acids is 2. The van der Waals surface area contributed by atoms with E-state index in [-0.39, 0.29) is 30.8 Å². The van der Waals surface area contributed by atoms with Crippen LogP contribution in [0.3, 0.4) is 0 Å². The largest absolute Gasteiger partial charge is 0.352 e. The highest BCUT2D eigenvalue weighted by atomic mass is 35.5. The summed E-state index contributed by atoms with van der Waals surface area (Å²) in [5.74, 6) is -0.202. The van der Waals surface area contributed by atoms with Crippen LogP contribution in [0.15, 0.2) is 36.4 Å². The van der Waals surface area contributed by atoms with E-state index >= 15 is 0 Å². The second kappa shape index (κ2) is 11.9. The highest BCUT2D eigenvalue weighted by molar-refractivity contribution is 6.36. The number of benzene rings is 2. The Kier molecular flexibility index (Phi) is 9.22. The van der Waals surface area contributed by atoms with Crippen molar-refractivity contribution in [3.8, 4) is 0 Å². The van der Waals surface area contributed by atoms with Crippen molar-refractivity contribution >= 4 is 35.0 Å². The van der Waals surface area contributed by atoms with Crippen LogP contribution in [0.4, 0.5) is 0 Å². The first-order valence-electron chi connectivity index (χ1n) is 11.9. The number of hydrogen-bond donors (Lipinski definition) is 1. The number of aryl methyl sites for hydroxylation is 2. The molecule has 33 heavy (non-hydrogen) atoms. The normalized spacial score (nSPS) is 15.2. The molecule has 3 rings (SSSR count). The molecule has 2 aromatic rings. The van der Waals surface area contributed by atoms with Gasteiger partial charge in [-0.2, -0.15) is 0 Å². The first kappa shape index (κ1) is 25.6. The van der Waals surface area contributed by atoms with E-state index in [0.29, 0.717) is 22.0 Å². The third kappa shape index (κ3) is 6.74. The van der Waals surface area contributed by atoms with Gasteiger partial charge in [0, 0.05) is 28.2 Å². The maximum absolute atomic E-state index is 13.7. The Morgan fingerprint density at radius 1 is 1.06 bits per heavy atom. The molecule has 1 atom stereocenters. The van der Waals surface area contributed by atoms with Crippen molar-refractivity contribution in [3.63, 3.8) is 0 Å². The molecular weight excluding hydrogens is 455 g/mol. The molecule has 1 N–H and O–H groups in total. The van der Waals surface area contributed by atoms with Crippen LogP contribution in [0.1, 0.15) is 67.7 Å². The van der Waals surface area contributed by atoms with Crippen molar-refractivity contribution in [3.05, 3.63) is 68.7 Å². The molecule has 0 radical (unpaired) electrons. The van der Waals surface area contributed by atoms with Crippen LogP contribution in [0, 0.1) is 13.8 Å². The predicted octanol–water partition coefficient (Wildman–Crippen LogP) is 6.41. The van der Waals surface area contributed by atoms with Crippen molar-refractivity contribution in [1.29, 1.82) is 0 Å². The number of nitrogens with one attached hydrogen (secondary N) is 1. The molecule has 1 fully saturated rings. The molecule has 0 saturated heterocycles. The topological polar surface area (TPSA) is 49.4 Å². The lowest BCUT2D eigenvalue weighted by Gasteiger charge is -2.33. The first-order chi connectivity index (χ1) is 15.8. The lowest BCUT2D eigenvalue weighted by molar-refractivity contribution is -0.141. The van der Waals surface area contributed by atoms with Gasteiger partial charge >= 0.3 is 0 Å². The van der Waals surface area contributed by atoms with Gasteiger partial charge in [0.15, 0.2) is 0 Å². The minimum atomic E-state index is -0.586. The Bertz CT molecular complexity index is 966. The molecule has 0 aromatic heterocycles. The second-order valence-corrected chi connectivity index (χ2v) is 9.91. The molecule has 0 spiro atoms. The first-order valence-corrected chi connectivity index (χ1v) is 12.6. The molecular formula is C27H34Cl2N2O2.